The van der Waals surface area contributed by atoms with Crippen molar-refractivity contribution in [1.82, 2.24) is 10.2 Å². The van der Waals surface area contributed by atoms with E-state index in [1.165, 1.54) is 17.0 Å². The van der Waals surface area contributed by atoms with Crippen LogP contribution in [0.25, 0.3) is 0 Å². The van der Waals surface area contributed by atoms with Crippen molar-refractivity contribution in [2.45, 2.75) is 62.9 Å². The van der Waals surface area contributed by atoms with Crippen LogP contribution in [0.3, 0.4) is 0 Å². The van der Waals surface area contributed by atoms with Crippen LogP contribution < -0.4 is 9.62 Å². The summed E-state index contributed by atoms with van der Waals surface area (Å²) in [7, 11) is -4.04. The summed E-state index contributed by atoms with van der Waals surface area (Å²) in [5.41, 5.74) is 2.40. The number of amides is 2. The van der Waals surface area contributed by atoms with Crippen LogP contribution in [0.2, 0.25) is 0 Å². The SMILES string of the molecule is Cc1ccc(N(CC(=O)N(CCc2ccccc2)[C@@H](C)C(=O)NC2CCCC2)S(=O)(=O)c2ccccc2)cc1. The van der Waals surface area contributed by atoms with Gasteiger partial charge in [0.25, 0.3) is 10.0 Å². The standard InChI is InChI=1S/C31H37N3O4S/c1-24-17-19-28(20-18-24)34(39(37,38)29-15-7-4-8-16-29)23-30(35)33(22-21-26-11-5-3-6-12-26)25(2)31(36)32-27-13-9-10-14-27/h3-8,11-12,15-20,25,27H,9-10,13-14,21-23H2,1-2H3,(H,32,36)/t25-/m0/s1. The second-order valence-corrected chi connectivity index (χ2v) is 12.0. The molecule has 3 aromatic rings. The fourth-order valence-electron chi connectivity index (χ4n) is 4.92. The minimum Gasteiger partial charge on any atom is -0.352 e. The highest BCUT2D eigenvalue weighted by Crippen LogP contribution is 2.25. The maximum Gasteiger partial charge on any atom is 0.264 e. The van der Waals surface area contributed by atoms with Crippen LogP contribution in [0.4, 0.5) is 5.69 Å². The third kappa shape index (κ3) is 7.26. The number of carbonyl (C=O) groups excluding carboxylic acids is 2. The molecule has 4 rings (SSSR count). The highest BCUT2D eigenvalue weighted by Gasteiger charge is 2.33. The number of benzene rings is 3. The molecule has 0 saturated heterocycles. The Balaban J connectivity index is 1.62. The molecule has 2 amide bonds. The summed E-state index contributed by atoms with van der Waals surface area (Å²) < 4.78 is 28.7. The average Bonchev–Trinajstić information content (AvgIpc) is 3.46. The van der Waals surface area contributed by atoms with Crippen molar-refractivity contribution in [3.8, 4) is 0 Å². The van der Waals surface area contributed by atoms with Gasteiger partial charge in [-0.3, -0.25) is 13.9 Å². The van der Waals surface area contributed by atoms with Gasteiger partial charge >= 0.3 is 0 Å². The molecular weight excluding hydrogens is 510 g/mol. The maximum atomic E-state index is 13.9. The van der Waals surface area contributed by atoms with E-state index in [1.54, 1.807) is 37.3 Å². The van der Waals surface area contributed by atoms with Crippen LogP contribution in [0.1, 0.15) is 43.7 Å². The van der Waals surface area contributed by atoms with Crippen molar-refractivity contribution in [2.24, 2.45) is 0 Å². The smallest absolute Gasteiger partial charge is 0.264 e. The van der Waals surface area contributed by atoms with Crippen LogP contribution in [-0.4, -0.2) is 50.3 Å². The number of hydrogen-bond acceptors (Lipinski definition) is 4. The first kappa shape index (κ1) is 28.4. The molecule has 0 aromatic heterocycles. The predicted octanol–water partition coefficient (Wildman–Crippen LogP) is 4.71. The number of hydrogen-bond donors (Lipinski definition) is 1. The molecule has 206 valence electrons. The van der Waals surface area contributed by atoms with Crippen molar-refractivity contribution in [2.75, 3.05) is 17.4 Å². The van der Waals surface area contributed by atoms with E-state index in [4.69, 9.17) is 0 Å². The Hall–Kier alpha value is -3.65. The minimum absolute atomic E-state index is 0.0984. The number of aryl methyl sites for hydroxylation is 1. The molecule has 8 heteroatoms. The first-order valence-electron chi connectivity index (χ1n) is 13.5. The van der Waals surface area contributed by atoms with E-state index in [-0.39, 0.29) is 23.4 Å². The molecule has 1 aliphatic carbocycles. The topological polar surface area (TPSA) is 86.8 Å². The Morgan fingerprint density at radius 1 is 0.897 bits per heavy atom. The number of nitrogens with one attached hydrogen (secondary N) is 1. The monoisotopic (exact) mass is 547 g/mol. The van der Waals surface area contributed by atoms with Gasteiger partial charge in [-0.2, -0.15) is 0 Å². The molecule has 1 aliphatic rings. The van der Waals surface area contributed by atoms with E-state index >= 15 is 0 Å². The number of anilines is 1. The Labute approximate surface area is 231 Å². The summed E-state index contributed by atoms with van der Waals surface area (Å²) in [4.78, 5) is 28.8. The number of carbonyl (C=O) groups is 2. The van der Waals surface area contributed by atoms with Gasteiger partial charge in [0.2, 0.25) is 11.8 Å². The summed E-state index contributed by atoms with van der Waals surface area (Å²) in [5, 5.41) is 3.09. The Morgan fingerprint density at radius 2 is 1.49 bits per heavy atom. The summed E-state index contributed by atoms with van der Waals surface area (Å²) in [5.74, 6) is -0.642. The zero-order valence-electron chi connectivity index (χ0n) is 22.6. The molecule has 3 aromatic carbocycles. The fourth-order valence-corrected chi connectivity index (χ4v) is 6.36. The lowest BCUT2D eigenvalue weighted by atomic mass is 10.1. The van der Waals surface area contributed by atoms with E-state index in [1.807, 2.05) is 49.4 Å². The second-order valence-electron chi connectivity index (χ2n) is 10.1. The molecule has 0 bridgehead atoms. The van der Waals surface area contributed by atoms with Gasteiger partial charge in [0, 0.05) is 12.6 Å². The predicted molar refractivity (Wildman–Crippen MR) is 154 cm³/mol. The first-order chi connectivity index (χ1) is 18.8. The quantitative estimate of drug-likeness (QED) is 0.377. The van der Waals surface area contributed by atoms with Crippen LogP contribution in [-0.2, 0) is 26.0 Å². The fraction of sp³-hybridized carbons (Fsp3) is 0.355. The molecule has 0 aliphatic heterocycles. The normalized spacial score (nSPS) is 14.5. The zero-order chi connectivity index (χ0) is 27.8. The van der Waals surface area contributed by atoms with E-state index in [2.05, 4.69) is 5.32 Å². The molecule has 0 radical (unpaired) electrons. The molecule has 1 fully saturated rings. The van der Waals surface area contributed by atoms with Crippen LogP contribution in [0.15, 0.2) is 89.8 Å². The van der Waals surface area contributed by atoms with Crippen LogP contribution in [0, 0.1) is 6.92 Å². The van der Waals surface area contributed by atoms with Gasteiger partial charge in [-0.05, 0) is 62.9 Å². The van der Waals surface area contributed by atoms with E-state index in [0.29, 0.717) is 12.1 Å². The van der Waals surface area contributed by atoms with Crippen molar-refractivity contribution in [1.29, 1.82) is 0 Å². The van der Waals surface area contributed by atoms with Gasteiger partial charge < -0.3 is 10.2 Å². The minimum atomic E-state index is -4.04. The Morgan fingerprint density at radius 3 is 2.10 bits per heavy atom. The average molecular weight is 548 g/mol. The summed E-state index contributed by atoms with van der Waals surface area (Å²) in [6.07, 6.45) is 4.58. The molecule has 0 unspecified atom stereocenters. The lowest BCUT2D eigenvalue weighted by molar-refractivity contribution is -0.139. The second kappa shape index (κ2) is 12.9. The van der Waals surface area contributed by atoms with Gasteiger partial charge in [0.05, 0.1) is 10.6 Å². The van der Waals surface area contributed by atoms with Gasteiger partial charge in [-0.1, -0.05) is 79.1 Å². The lowest BCUT2D eigenvalue weighted by Gasteiger charge is -2.32. The first-order valence-corrected chi connectivity index (χ1v) is 15.0. The number of nitrogens with zero attached hydrogens (tertiary/aromatic N) is 2. The third-order valence-corrected chi connectivity index (χ3v) is 9.07. The highest BCUT2D eigenvalue weighted by molar-refractivity contribution is 7.92. The third-order valence-electron chi connectivity index (χ3n) is 7.29. The van der Waals surface area contributed by atoms with E-state index in [0.717, 1.165) is 41.1 Å². The molecule has 39 heavy (non-hydrogen) atoms. The van der Waals surface area contributed by atoms with Gasteiger partial charge in [0.1, 0.15) is 12.6 Å². The zero-order valence-corrected chi connectivity index (χ0v) is 23.4. The molecule has 0 heterocycles. The van der Waals surface area contributed by atoms with E-state index in [9.17, 15) is 18.0 Å². The van der Waals surface area contributed by atoms with Crippen LogP contribution in [0.5, 0.6) is 0 Å². The van der Waals surface area contributed by atoms with Crippen molar-refractivity contribution in [3.05, 3.63) is 96.1 Å². The molecule has 1 N–H and O–H groups in total. The molecular formula is C31H37N3O4S. The maximum absolute atomic E-state index is 13.9. The Bertz CT molecular complexity index is 1340. The van der Waals surface area contributed by atoms with Gasteiger partial charge in [-0.25, -0.2) is 8.42 Å². The summed E-state index contributed by atoms with van der Waals surface area (Å²) >= 11 is 0. The van der Waals surface area contributed by atoms with Crippen molar-refractivity contribution >= 4 is 27.5 Å². The Kier molecular flexibility index (Phi) is 9.41. The number of sulfonamides is 1. The summed E-state index contributed by atoms with van der Waals surface area (Å²) in [6.45, 7) is 3.50. The highest BCUT2D eigenvalue weighted by atomic mass is 32.2. The van der Waals surface area contributed by atoms with Crippen LogP contribution >= 0.6 is 0 Å². The summed E-state index contributed by atoms with van der Waals surface area (Å²) in [6, 6.07) is 24.3. The number of rotatable bonds is 11. The van der Waals surface area contributed by atoms with Gasteiger partial charge in [-0.15, -0.1) is 0 Å². The molecule has 7 nitrogen and oxygen atoms in total. The molecule has 0 spiro atoms. The van der Waals surface area contributed by atoms with Crippen molar-refractivity contribution in [3.63, 3.8) is 0 Å². The molecule has 1 saturated carbocycles. The van der Waals surface area contributed by atoms with E-state index < -0.39 is 28.5 Å². The van der Waals surface area contributed by atoms with Crippen molar-refractivity contribution < 1.29 is 18.0 Å². The van der Waals surface area contributed by atoms with Gasteiger partial charge in [0.15, 0.2) is 0 Å². The largest absolute Gasteiger partial charge is 0.352 e. The lowest BCUT2D eigenvalue weighted by Crippen LogP contribution is -2.53. The molecule has 1 atom stereocenters.